The number of alkyl halides is 2. The molecule has 0 N–H and O–H groups in total. The van der Waals surface area contributed by atoms with Crippen LogP contribution in [0.15, 0.2) is 48.5 Å². The summed E-state index contributed by atoms with van der Waals surface area (Å²) in [5, 5.41) is 0. The number of benzene rings is 2. The van der Waals surface area contributed by atoms with Crippen molar-refractivity contribution in [3.63, 3.8) is 0 Å². The lowest BCUT2D eigenvalue weighted by atomic mass is 9.77. The standard InChI is InChI=1S/C21H24F2O/c1-2-15-3-5-16(6-4-15)17-7-9-18(10-8-17)19-11-13-20(14-12-19)24-21(22)23/h7-16,21H,2-6H2,1H3. The predicted octanol–water partition coefficient (Wildman–Crippen LogP) is 6.64. The van der Waals surface area contributed by atoms with Gasteiger partial charge in [0, 0.05) is 0 Å². The summed E-state index contributed by atoms with van der Waals surface area (Å²) in [5.41, 5.74) is 3.54. The highest BCUT2D eigenvalue weighted by atomic mass is 19.3. The predicted molar refractivity (Wildman–Crippen MR) is 93.5 cm³/mol. The van der Waals surface area contributed by atoms with Crippen molar-refractivity contribution in [1.82, 2.24) is 0 Å². The van der Waals surface area contributed by atoms with Gasteiger partial charge < -0.3 is 4.74 Å². The summed E-state index contributed by atoms with van der Waals surface area (Å²) in [6.45, 7) is -0.491. The largest absolute Gasteiger partial charge is 0.435 e. The zero-order valence-electron chi connectivity index (χ0n) is 14.1. The second-order valence-electron chi connectivity index (χ2n) is 6.65. The lowest BCUT2D eigenvalue weighted by Gasteiger charge is -2.28. The fourth-order valence-electron chi connectivity index (χ4n) is 3.68. The monoisotopic (exact) mass is 330 g/mol. The molecule has 24 heavy (non-hydrogen) atoms. The summed E-state index contributed by atoms with van der Waals surface area (Å²) < 4.78 is 28.8. The van der Waals surface area contributed by atoms with E-state index in [1.54, 1.807) is 12.1 Å². The van der Waals surface area contributed by atoms with Crippen LogP contribution in [0.3, 0.4) is 0 Å². The number of hydrogen-bond donors (Lipinski definition) is 0. The molecule has 0 bridgehead atoms. The minimum Gasteiger partial charge on any atom is -0.435 e. The lowest BCUT2D eigenvalue weighted by Crippen LogP contribution is -2.12. The smallest absolute Gasteiger partial charge is 0.387 e. The van der Waals surface area contributed by atoms with Crippen molar-refractivity contribution < 1.29 is 13.5 Å². The molecule has 0 atom stereocenters. The molecule has 2 aromatic rings. The molecule has 0 heterocycles. The van der Waals surface area contributed by atoms with E-state index in [1.165, 1.54) is 37.7 Å². The third kappa shape index (κ3) is 4.14. The quantitative estimate of drug-likeness (QED) is 0.597. The molecule has 3 rings (SSSR count). The first-order valence-corrected chi connectivity index (χ1v) is 8.81. The highest BCUT2D eigenvalue weighted by molar-refractivity contribution is 5.64. The Morgan fingerprint density at radius 1 is 0.875 bits per heavy atom. The summed E-state index contributed by atoms with van der Waals surface area (Å²) in [5.74, 6) is 1.79. The average molecular weight is 330 g/mol. The number of hydrogen-bond acceptors (Lipinski definition) is 1. The van der Waals surface area contributed by atoms with Gasteiger partial charge in [-0.05, 0) is 66.3 Å². The minimum absolute atomic E-state index is 0.193. The molecule has 1 aliphatic rings. The van der Waals surface area contributed by atoms with Crippen LogP contribution < -0.4 is 4.74 Å². The molecule has 0 saturated heterocycles. The molecule has 0 radical (unpaired) electrons. The Balaban J connectivity index is 1.66. The Labute approximate surface area is 142 Å². The molecule has 0 spiro atoms. The first-order chi connectivity index (χ1) is 11.7. The van der Waals surface area contributed by atoms with E-state index in [2.05, 4.69) is 35.9 Å². The van der Waals surface area contributed by atoms with E-state index in [0.29, 0.717) is 5.92 Å². The second-order valence-corrected chi connectivity index (χ2v) is 6.65. The van der Waals surface area contributed by atoms with Gasteiger partial charge in [-0.25, -0.2) is 0 Å². The van der Waals surface area contributed by atoms with Gasteiger partial charge in [-0.15, -0.1) is 0 Å². The van der Waals surface area contributed by atoms with Gasteiger partial charge in [0.2, 0.25) is 0 Å². The minimum atomic E-state index is -2.78. The number of halogens is 2. The molecule has 0 unspecified atom stereocenters. The molecule has 0 aromatic heterocycles. The Bertz CT molecular complexity index is 626. The van der Waals surface area contributed by atoms with Gasteiger partial charge in [-0.3, -0.25) is 0 Å². The van der Waals surface area contributed by atoms with Gasteiger partial charge in [-0.1, -0.05) is 49.7 Å². The van der Waals surface area contributed by atoms with Crippen molar-refractivity contribution in [2.45, 2.75) is 51.6 Å². The molecule has 2 aromatic carbocycles. The summed E-state index contributed by atoms with van der Waals surface area (Å²) in [6.07, 6.45) is 6.56. The fourth-order valence-corrected chi connectivity index (χ4v) is 3.68. The van der Waals surface area contributed by atoms with Gasteiger partial charge >= 0.3 is 6.61 Å². The Morgan fingerprint density at radius 3 is 1.92 bits per heavy atom. The molecule has 3 heteroatoms. The second kappa shape index (κ2) is 7.78. The third-order valence-corrected chi connectivity index (χ3v) is 5.22. The van der Waals surface area contributed by atoms with Crippen LogP contribution in [-0.4, -0.2) is 6.61 Å². The van der Waals surface area contributed by atoms with Crippen molar-refractivity contribution in [1.29, 1.82) is 0 Å². The maximum Gasteiger partial charge on any atom is 0.387 e. The van der Waals surface area contributed by atoms with E-state index in [9.17, 15) is 8.78 Å². The van der Waals surface area contributed by atoms with Gasteiger partial charge in [0.25, 0.3) is 0 Å². The van der Waals surface area contributed by atoms with E-state index in [4.69, 9.17) is 0 Å². The van der Waals surface area contributed by atoms with Crippen LogP contribution in [0.25, 0.3) is 11.1 Å². The van der Waals surface area contributed by atoms with Crippen LogP contribution in [0.2, 0.25) is 0 Å². The van der Waals surface area contributed by atoms with Crippen LogP contribution in [-0.2, 0) is 0 Å². The Hall–Kier alpha value is -1.90. The van der Waals surface area contributed by atoms with Crippen molar-refractivity contribution in [2.24, 2.45) is 5.92 Å². The van der Waals surface area contributed by atoms with Crippen LogP contribution in [0.4, 0.5) is 8.78 Å². The molecule has 128 valence electrons. The number of rotatable bonds is 5. The van der Waals surface area contributed by atoms with Crippen LogP contribution in [0.1, 0.15) is 50.5 Å². The first-order valence-electron chi connectivity index (χ1n) is 8.81. The highest BCUT2D eigenvalue weighted by Gasteiger charge is 2.21. The average Bonchev–Trinajstić information content (AvgIpc) is 2.62. The zero-order chi connectivity index (χ0) is 16.9. The molecular weight excluding hydrogens is 306 g/mol. The van der Waals surface area contributed by atoms with Crippen LogP contribution in [0, 0.1) is 5.92 Å². The summed E-state index contributed by atoms with van der Waals surface area (Å²) >= 11 is 0. The molecule has 0 amide bonds. The Kier molecular flexibility index (Phi) is 5.49. The van der Waals surface area contributed by atoms with E-state index < -0.39 is 6.61 Å². The summed E-state index contributed by atoms with van der Waals surface area (Å²) in [4.78, 5) is 0. The zero-order valence-corrected chi connectivity index (χ0v) is 14.1. The van der Waals surface area contributed by atoms with Crippen LogP contribution >= 0.6 is 0 Å². The summed E-state index contributed by atoms with van der Waals surface area (Å²) in [6, 6.07) is 15.5. The maximum absolute atomic E-state index is 12.2. The number of ether oxygens (including phenoxy) is 1. The maximum atomic E-state index is 12.2. The summed E-state index contributed by atoms with van der Waals surface area (Å²) in [7, 11) is 0. The van der Waals surface area contributed by atoms with Crippen molar-refractivity contribution >= 4 is 0 Å². The molecule has 1 fully saturated rings. The topological polar surface area (TPSA) is 9.23 Å². The van der Waals surface area contributed by atoms with E-state index in [0.717, 1.165) is 17.0 Å². The first kappa shape index (κ1) is 16.9. The molecule has 1 aliphatic carbocycles. The lowest BCUT2D eigenvalue weighted by molar-refractivity contribution is -0.0498. The molecular formula is C21H24F2O. The molecule has 1 saturated carbocycles. The van der Waals surface area contributed by atoms with Gasteiger partial charge in [0.05, 0.1) is 0 Å². The normalized spacial score (nSPS) is 21.0. The van der Waals surface area contributed by atoms with E-state index in [-0.39, 0.29) is 5.75 Å². The molecule has 1 nitrogen and oxygen atoms in total. The van der Waals surface area contributed by atoms with E-state index in [1.807, 2.05) is 12.1 Å². The van der Waals surface area contributed by atoms with Gasteiger partial charge in [0.15, 0.2) is 0 Å². The Morgan fingerprint density at radius 2 is 1.42 bits per heavy atom. The highest BCUT2D eigenvalue weighted by Crippen LogP contribution is 2.37. The van der Waals surface area contributed by atoms with Crippen molar-refractivity contribution in [3.8, 4) is 16.9 Å². The fraction of sp³-hybridized carbons (Fsp3) is 0.429. The molecule has 0 aliphatic heterocycles. The van der Waals surface area contributed by atoms with Gasteiger partial charge in [-0.2, -0.15) is 8.78 Å². The van der Waals surface area contributed by atoms with E-state index >= 15 is 0 Å². The third-order valence-electron chi connectivity index (χ3n) is 5.22. The van der Waals surface area contributed by atoms with Crippen molar-refractivity contribution in [2.75, 3.05) is 0 Å². The SMILES string of the molecule is CCC1CCC(c2ccc(-c3ccc(OC(F)F)cc3)cc2)CC1. The van der Waals surface area contributed by atoms with Crippen molar-refractivity contribution in [3.05, 3.63) is 54.1 Å². The van der Waals surface area contributed by atoms with Gasteiger partial charge in [0.1, 0.15) is 5.75 Å². The van der Waals surface area contributed by atoms with Crippen LogP contribution in [0.5, 0.6) is 5.75 Å².